The standard InChI is InChI=1S/C19H28N4O3/c1-3-25-14-13-23-17-8-6-5-7-16(17)21-18(23)20-15-9-11-22(12-10-15)19(24)26-4-2/h5-8,15H,3-4,9-14H2,1-2H3,(H,20,21). The number of nitrogens with zero attached hydrogens (tertiary/aromatic N) is 3. The van der Waals surface area contributed by atoms with Gasteiger partial charge in [0.25, 0.3) is 0 Å². The van der Waals surface area contributed by atoms with Gasteiger partial charge in [0.2, 0.25) is 5.95 Å². The Morgan fingerprint density at radius 3 is 2.73 bits per heavy atom. The minimum atomic E-state index is -0.213. The van der Waals surface area contributed by atoms with Crippen molar-refractivity contribution in [2.24, 2.45) is 0 Å². The quantitative estimate of drug-likeness (QED) is 0.769. The molecule has 1 saturated heterocycles. The molecular weight excluding hydrogens is 332 g/mol. The molecule has 7 nitrogen and oxygen atoms in total. The molecule has 1 amide bonds. The zero-order valence-corrected chi connectivity index (χ0v) is 15.6. The van der Waals surface area contributed by atoms with Crippen LogP contribution in [-0.4, -0.2) is 59.5 Å². The van der Waals surface area contributed by atoms with Crippen molar-refractivity contribution < 1.29 is 14.3 Å². The van der Waals surface area contributed by atoms with Crippen molar-refractivity contribution in [3.05, 3.63) is 24.3 Å². The van der Waals surface area contributed by atoms with Crippen LogP contribution in [0, 0.1) is 0 Å². The van der Waals surface area contributed by atoms with Crippen LogP contribution in [0.2, 0.25) is 0 Å². The summed E-state index contributed by atoms with van der Waals surface area (Å²) in [5.74, 6) is 0.875. The third kappa shape index (κ3) is 4.27. The number of hydrogen-bond donors (Lipinski definition) is 1. The average molecular weight is 360 g/mol. The van der Waals surface area contributed by atoms with E-state index < -0.39 is 0 Å². The number of likely N-dealkylation sites (tertiary alicyclic amines) is 1. The molecule has 0 spiro atoms. The van der Waals surface area contributed by atoms with Gasteiger partial charge in [-0.15, -0.1) is 0 Å². The first-order chi connectivity index (χ1) is 12.7. The number of hydrogen-bond acceptors (Lipinski definition) is 5. The molecule has 0 bridgehead atoms. The van der Waals surface area contributed by atoms with E-state index in [1.165, 1.54) is 0 Å². The second-order valence-corrected chi connectivity index (χ2v) is 6.38. The van der Waals surface area contributed by atoms with E-state index in [4.69, 9.17) is 14.5 Å². The van der Waals surface area contributed by atoms with Gasteiger partial charge in [0.1, 0.15) is 0 Å². The molecule has 0 aliphatic carbocycles. The van der Waals surface area contributed by atoms with Crippen molar-refractivity contribution in [1.82, 2.24) is 14.5 Å². The third-order valence-electron chi connectivity index (χ3n) is 4.67. The monoisotopic (exact) mass is 360 g/mol. The van der Waals surface area contributed by atoms with Gasteiger partial charge in [-0.3, -0.25) is 0 Å². The number of piperidine rings is 1. The number of rotatable bonds is 7. The van der Waals surface area contributed by atoms with Crippen LogP contribution in [0.4, 0.5) is 10.7 Å². The molecule has 3 rings (SSSR count). The number of benzene rings is 1. The largest absolute Gasteiger partial charge is 0.450 e. The predicted octanol–water partition coefficient (Wildman–Crippen LogP) is 3.11. The average Bonchev–Trinajstić information content (AvgIpc) is 3.00. The van der Waals surface area contributed by atoms with Gasteiger partial charge in [-0.2, -0.15) is 0 Å². The van der Waals surface area contributed by atoms with E-state index >= 15 is 0 Å². The first-order valence-electron chi connectivity index (χ1n) is 9.44. The van der Waals surface area contributed by atoms with Crippen LogP contribution in [0.3, 0.4) is 0 Å². The first-order valence-corrected chi connectivity index (χ1v) is 9.44. The minimum Gasteiger partial charge on any atom is -0.450 e. The maximum absolute atomic E-state index is 11.8. The summed E-state index contributed by atoms with van der Waals surface area (Å²) in [4.78, 5) is 18.4. The topological polar surface area (TPSA) is 68.6 Å². The number of amides is 1. The van der Waals surface area contributed by atoms with Gasteiger partial charge < -0.3 is 24.3 Å². The molecule has 1 aliphatic heterocycles. The van der Waals surface area contributed by atoms with Gasteiger partial charge in [0, 0.05) is 32.3 Å². The Balaban J connectivity index is 1.67. The summed E-state index contributed by atoms with van der Waals surface area (Å²) in [6.07, 6.45) is 1.55. The van der Waals surface area contributed by atoms with Crippen LogP contribution in [-0.2, 0) is 16.0 Å². The number of carbonyl (C=O) groups excluding carboxylic acids is 1. The van der Waals surface area contributed by atoms with E-state index in [2.05, 4.69) is 16.0 Å². The van der Waals surface area contributed by atoms with Crippen molar-refractivity contribution in [3.8, 4) is 0 Å². The highest BCUT2D eigenvalue weighted by molar-refractivity contribution is 5.78. The Morgan fingerprint density at radius 2 is 2.00 bits per heavy atom. The number of aromatic nitrogens is 2. The summed E-state index contributed by atoms with van der Waals surface area (Å²) in [7, 11) is 0. The second-order valence-electron chi connectivity index (χ2n) is 6.38. The van der Waals surface area contributed by atoms with Gasteiger partial charge in [-0.1, -0.05) is 12.1 Å². The third-order valence-corrected chi connectivity index (χ3v) is 4.67. The van der Waals surface area contributed by atoms with Crippen LogP contribution in [0.25, 0.3) is 11.0 Å². The van der Waals surface area contributed by atoms with Crippen LogP contribution < -0.4 is 5.32 Å². The normalized spacial score (nSPS) is 15.4. The Labute approximate surface area is 154 Å². The summed E-state index contributed by atoms with van der Waals surface area (Å²) >= 11 is 0. The lowest BCUT2D eigenvalue weighted by atomic mass is 10.1. The lowest BCUT2D eigenvalue weighted by Crippen LogP contribution is -2.43. The molecule has 0 radical (unpaired) electrons. The fourth-order valence-corrected chi connectivity index (χ4v) is 3.32. The van der Waals surface area contributed by atoms with Gasteiger partial charge in [0.15, 0.2) is 0 Å². The lowest BCUT2D eigenvalue weighted by Gasteiger charge is -2.31. The molecule has 142 valence electrons. The summed E-state index contributed by atoms with van der Waals surface area (Å²) < 4.78 is 12.8. The number of fused-ring (bicyclic) bond motifs is 1. The molecule has 1 fully saturated rings. The van der Waals surface area contributed by atoms with E-state index in [-0.39, 0.29) is 6.09 Å². The molecule has 2 aromatic rings. The van der Waals surface area contributed by atoms with Crippen molar-refractivity contribution in [1.29, 1.82) is 0 Å². The Hall–Kier alpha value is -2.28. The van der Waals surface area contributed by atoms with Crippen LogP contribution in [0.15, 0.2) is 24.3 Å². The first kappa shape index (κ1) is 18.5. The number of carbonyl (C=O) groups is 1. The molecule has 1 aliphatic rings. The van der Waals surface area contributed by atoms with Crippen molar-refractivity contribution in [3.63, 3.8) is 0 Å². The van der Waals surface area contributed by atoms with Crippen molar-refractivity contribution in [2.75, 3.05) is 38.2 Å². The summed E-state index contributed by atoms with van der Waals surface area (Å²) in [6, 6.07) is 8.44. The fourth-order valence-electron chi connectivity index (χ4n) is 3.32. The molecule has 1 aromatic heterocycles. The zero-order chi connectivity index (χ0) is 18.4. The van der Waals surface area contributed by atoms with E-state index in [1.54, 1.807) is 4.90 Å². The Kier molecular flexibility index (Phi) is 6.33. The van der Waals surface area contributed by atoms with Gasteiger partial charge in [-0.25, -0.2) is 9.78 Å². The van der Waals surface area contributed by atoms with Crippen LogP contribution in [0.1, 0.15) is 26.7 Å². The molecule has 0 atom stereocenters. The van der Waals surface area contributed by atoms with Crippen LogP contribution in [0.5, 0.6) is 0 Å². The minimum absolute atomic E-state index is 0.213. The SMILES string of the molecule is CCOCCn1c(NC2CCN(C(=O)OCC)CC2)nc2ccccc21. The number of imidazole rings is 1. The molecule has 0 saturated carbocycles. The summed E-state index contributed by atoms with van der Waals surface area (Å²) in [5, 5.41) is 3.57. The van der Waals surface area contributed by atoms with Gasteiger partial charge in [-0.05, 0) is 38.8 Å². The molecular formula is C19H28N4O3. The van der Waals surface area contributed by atoms with Crippen LogP contribution >= 0.6 is 0 Å². The highest BCUT2D eigenvalue weighted by Crippen LogP contribution is 2.22. The maximum Gasteiger partial charge on any atom is 0.409 e. The number of nitrogens with one attached hydrogen (secondary N) is 1. The van der Waals surface area contributed by atoms with Gasteiger partial charge >= 0.3 is 6.09 Å². The van der Waals surface area contributed by atoms with E-state index in [0.717, 1.165) is 36.4 Å². The van der Waals surface area contributed by atoms with E-state index in [1.807, 2.05) is 32.0 Å². The maximum atomic E-state index is 11.8. The smallest absolute Gasteiger partial charge is 0.409 e. The second kappa shape index (κ2) is 8.89. The molecule has 2 heterocycles. The molecule has 1 aromatic carbocycles. The number of anilines is 1. The van der Waals surface area contributed by atoms with Crippen molar-refractivity contribution >= 4 is 23.1 Å². The Morgan fingerprint density at radius 1 is 1.23 bits per heavy atom. The highest BCUT2D eigenvalue weighted by Gasteiger charge is 2.24. The molecule has 0 unspecified atom stereocenters. The van der Waals surface area contributed by atoms with Crippen molar-refractivity contribution in [2.45, 2.75) is 39.3 Å². The van der Waals surface area contributed by atoms with Gasteiger partial charge in [0.05, 0.1) is 24.2 Å². The van der Waals surface area contributed by atoms with E-state index in [0.29, 0.717) is 39.0 Å². The highest BCUT2D eigenvalue weighted by atomic mass is 16.6. The predicted molar refractivity (Wildman–Crippen MR) is 101 cm³/mol. The lowest BCUT2D eigenvalue weighted by molar-refractivity contribution is 0.0982. The zero-order valence-electron chi connectivity index (χ0n) is 15.6. The number of ether oxygens (including phenoxy) is 2. The van der Waals surface area contributed by atoms with E-state index in [9.17, 15) is 4.79 Å². The summed E-state index contributed by atoms with van der Waals surface area (Å²) in [5.41, 5.74) is 2.09. The number of para-hydroxylation sites is 2. The Bertz CT molecular complexity index is 723. The fraction of sp³-hybridized carbons (Fsp3) is 0.579. The summed E-state index contributed by atoms with van der Waals surface area (Å²) in [6.45, 7) is 7.79. The molecule has 26 heavy (non-hydrogen) atoms. The molecule has 1 N–H and O–H groups in total. The molecule has 7 heteroatoms.